The maximum Gasteiger partial charge on any atom is 0.406 e. The smallest absolute Gasteiger partial charge is 0.406 e. The number of amides is 2. The normalized spacial score (nSPS) is 19.0. The minimum Gasteiger partial charge on any atom is -0.453 e. The van der Waals surface area contributed by atoms with Crippen LogP contribution in [0, 0.1) is 0 Å². The van der Waals surface area contributed by atoms with Crippen molar-refractivity contribution < 1.29 is 19.1 Å². The number of thiazole rings is 1. The van der Waals surface area contributed by atoms with Crippen molar-refractivity contribution in [1.82, 2.24) is 25.5 Å². The fourth-order valence-corrected chi connectivity index (χ4v) is 5.16. The molecule has 2 aliphatic rings. The van der Waals surface area contributed by atoms with E-state index in [1.165, 1.54) is 7.11 Å². The molecule has 2 aromatic rings. The second kappa shape index (κ2) is 11.0. The largest absolute Gasteiger partial charge is 0.453 e. The first-order chi connectivity index (χ1) is 16.1. The first kappa shape index (κ1) is 23.6. The SMILES string of the molecule is COC(=O)NCCCc1nc(C(C)N(C(=O)[C@H]2CNCCO2)C2CC2)sc1-c1cccnc1. The van der Waals surface area contributed by atoms with E-state index in [1.807, 2.05) is 23.2 Å². The Morgan fingerprint density at radius 3 is 2.94 bits per heavy atom. The Morgan fingerprint density at radius 2 is 2.27 bits per heavy atom. The molecule has 4 rings (SSSR count). The fourth-order valence-electron chi connectivity index (χ4n) is 4.01. The topological polar surface area (TPSA) is 106 Å². The zero-order valence-electron chi connectivity index (χ0n) is 19.1. The molecule has 2 amide bonds. The molecule has 3 heterocycles. The number of carbonyl (C=O) groups is 2. The number of morpholine rings is 1. The standard InChI is InChI=1S/C23H31N5O4S/c1-15(28(17-7-8-17)22(29)19-14-25-11-12-32-19)21-27-18(6-4-10-26-23(30)31-2)20(33-21)16-5-3-9-24-13-16/h3,5,9,13,15,17,19,25H,4,6-8,10-12,14H2,1-2H3,(H,26,30)/t15?,19-/m1/s1. The van der Waals surface area contributed by atoms with Crippen LogP contribution in [0.25, 0.3) is 10.4 Å². The van der Waals surface area contributed by atoms with E-state index in [2.05, 4.69) is 27.3 Å². The van der Waals surface area contributed by atoms with Crippen LogP contribution >= 0.6 is 11.3 Å². The number of rotatable bonds is 9. The molecule has 0 aromatic carbocycles. The fraction of sp³-hybridized carbons (Fsp3) is 0.565. The van der Waals surface area contributed by atoms with E-state index in [4.69, 9.17) is 9.72 Å². The number of nitrogens with one attached hydrogen (secondary N) is 2. The van der Waals surface area contributed by atoms with Crippen LogP contribution in [0.15, 0.2) is 24.5 Å². The number of methoxy groups -OCH3 is 1. The Balaban J connectivity index is 1.54. The second-order valence-electron chi connectivity index (χ2n) is 8.31. The van der Waals surface area contributed by atoms with E-state index in [9.17, 15) is 9.59 Å². The minimum absolute atomic E-state index is 0.0409. The Hall–Kier alpha value is -2.56. The van der Waals surface area contributed by atoms with Gasteiger partial charge < -0.3 is 25.0 Å². The molecule has 2 N–H and O–H groups in total. The van der Waals surface area contributed by atoms with Gasteiger partial charge in [-0.3, -0.25) is 9.78 Å². The van der Waals surface area contributed by atoms with Crippen LogP contribution in [0.3, 0.4) is 0 Å². The number of hydrogen-bond acceptors (Lipinski definition) is 8. The summed E-state index contributed by atoms with van der Waals surface area (Å²) in [7, 11) is 1.35. The number of carbonyl (C=O) groups excluding carboxylic acids is 2. The van der Waals surface area contributed by atoms with Crippen LogP contribution < -0.4 is 10.6 Å². The van der Waals surface area contributed by atoms with E-state index in [0.29, 0.717) is 26.1 Å². The molecular weight excluding hydrogens is 442 g/mol. The quantitative estimate of drug-likeness (QED) is 0.539. The van der Waals surface area contributed by atoms with E-state index in [-0.39, 0.29) is 18.0 Å². The first-order valence-corrected chi connectivity index (χ1v) is 12.3. The molecule has 9 nitrogen and oxygen atoms in total. The average Bonchev–Trinajstić information content (AvgIpc) is 3.60. The molecule has 1 aliphatic heterocycles. The van der Waals surface area contributed by atoms with Crippen LogP contribution in [0.1, 0.15) is 42.9 Å². The molecular formula is C23H31N5O4S. The molecule has 0 bridgehead atoms. The van der Waals surface area contributed by atoms with Crippen LogP contribution in [0.2, 0.25) is 0 Å². The van der Waals surface area contributed by atoms with E-state index in [0.717, 1.165) is 46.9 Å². The Kier molecular flexibility index (Phi) is 7.89. The summed E-state index contributed by atoms with van der Waals surface area (Å²) < 4.78 is 10.4. The van der Waals surface area contributed by atoms with Crippen molar-refractivity contribution in [3.63, 3.8) is 0 Å². The van der Waals surface area contributed by atoms with Gasteiger partial charge in [0.15, 0.2) is 0 Å². The predicted molar refractivity (Wildman–Crippen MR) is 125 cm³/mol. The summed E-state index contributed by atoms with van der Waals surface area (Å²) in [6.45, 7) is 4.43. The molecule has 2 aromatic heterocycles. The molecule has 2 fully saturated rings. The summed E-state index contributed by atoms with van der Waals surface area (Å²) in [5.74, 6) is 0.0409. The maximum atomic E-state index is 13.3. The molecule has 178 valence electrons. The monoisotopic (exact) mass is 473 g/mol. The maximum absolute atomic E-state index is 13.3. The van der Waals surface area contributed by atoms with Gasteiger partial charge in [0.25, 0.3) is 5.91 Å². The highest BCUT2D eigenvalue weighted by Crippen LogP contribution is 2.39. The van der Waals surface area contributed by atoms with Gasteiger partial charge in [0, 0.05) is 43.6 Å². The molecule has 2 atom stereocenters. The summed E-state index contributed by atoms with van der Waals surface area (Å²) in [6.07, 6.45) is 6.17. The van der Waals surface area contributed by atoms with Gasteiger partial charge in [0.1, 0.15) is 11.1 Å². The second-order valence-corrected chi connectivity index (χ2v) is 9.34. The Labute approximate surface area is 197 Å². The lowest BCUT2D eigenvalue weighted by atomic mass is 10.1. The van der Waals surface area contributed by atoms with Crippen molar-refractivity contribution in [2.75, 3.05) is 33.4 Å². The van der Waals surface area contributed by atoms with Crippen LogP contribution in [-0.4, -0.2) is 72.4 Å². The van der Waals surface area contributed by atoms with Gasteiger partial charge in [-0.15, -0.1) is 11.3 Å². The zero-order valence-corrected chi connectivity index (χ0v) is 19.9. The van der Waals surface area contributed by atoms with Crippen molar-refractivity contribution >= 4 is 23.3 Å². The third-order valence-corrected chi connectivity index (χ3v) is 7.17. The highest BCUT2D eigenvalue weighted by atomic mass is 32.1. The zero-order chi connectivity index (χ0) is 23.2. The third kappa shape index (κ3) is 5.87. The molecule has 1 unspecified atom stereocenters. The Morgan fingerprint density at radius 1 is 1.42 bits per heavy atom. The van der Waals surface area contributed by atoms with Gasteiger partial charge in [-0.1, -0.05) is 6.07 Å². The van der Waals surface area contributed by atoms with Crippen molar-refractivity contribution in [2.24, 2.45) is 0 Å². The average molecular weight is 474 g/mol. The van der Waals surface area contributed by atoms with Gasteiger partial charge in [-0.05, 0) is 38.7 Å². The molecule has 10 heteroatoms. The number of hydrogen-bond donors (Lipinski definition) is 2. The van der Waals surface area contributed by atoms with E-state index >= 15 is 0 Å². The van der Waals surface area contributed by atoms with Gasteiger partial charge in [0.05, 0.1) is 30.3 Å². The molecule has 1 saturated carbocycles. The van der Waals surface area contributed by atoms with Crippen molar-refractivity contribution in [1.29, 1.82) is 0 Å². The summed E-state index contributed by atoms with van der Waals surface area (Å²) in [4.78, 5) is 37.0. The lowest BCUT2D eigenvalue weighted by Gasteiger charge is -2.33. The van der Waals surface area contributed by atoms with Gasteiger partial charge >= 0.3 is 6.09 Å². The van der Waals surface area contributed by atoms with Crippen molar-refractivity contribution in [3.05, 3.63) is 35.2 Å². The van der Waals surface area contributed by atoms with Gasteiger partial charge in [-0.2, -0.15) is 0 Å². The number of pyridine rings is 1. The highest BCUT2D eigenvalue weighted by Gasteiger charge is 2.41. The number of aromatic nitrogens is 2. The molecule has 33 heavy (non-hydrogen) atoms. The summed E-state index contributed by atoms with van der Waals surface area (Å²) in [6, 6.07) is 4.04. The number of ether oxygens (including phenoxy) is 2. The summed E-state index contributed by atoms with van der Waals surface area (Å²) in [5, 5.41) is 6.88. The summed E-state index contributed by atoms with van der Waals surface area (Å²) >= 11 is 1.61. The third-order valence-electron chi connectivity index (χ3n) is 5.86. The number of alkyl carbamates (subject to hydrolysis) is 1. The molecule has 0 spiro atoms. The molecule has 0 radical (unpaired) electrons. The highest BCUT2D eigenvalue weighted by molar-refractivity contribution is 7.15. The van der Waals surface area contributed by atoms with Gasteiger partial charge in [0.2, 0.25) is 0 Å². The predicted octanol–water partition coefficient (Wildman–Crippen LogP) is 2.53. The van der Waals surface area contributed by atoms with E-state index < -0.39 is 12.2 Å². The van der Waals surface area contributed by atoms with Crippen molar-refractivity contribution in [3.8, 4) is 10.4 Å². The van der Waals surface area contributed by atoms with Gasteiger partial charge in [-0.25, -0.2) is 9.78 Å². The van der Waals surface area contributed by atoms with Crippen LogP contribution in [0.4, 0.5) is 4.79 Å². The van der Waals surface area contributed by atoms with Crippen LogP contribution in [0.5, 0.6) is 0 Å². The first-order valence-electron chi connectivity index (χ1n) is 11.4. The number of aryl methyl sites for hydroxylation is 1. The molecule has 1 aliphatic carbocycles. The Bertz CT molecular complexity index is 944. The van der Waals surface area contributed by atoms with Crippen LogP contribution in [-0.2, 0) is 20.7 Å². The molecule has 1 saturated heterocycles. The minimum atomic E-state index is -0.441. The summed E-state index contributed by atoms with van der Waals surface area (Å²) in [5.41, 5.74) is 1.97. The lowest BCUT2D eigenvalue weighted by molar-refractivity contribution is -0.148. The van der Waals surface area contributed by atoms with Crippen molar-refractivity contribution in [2.45, 2.75) is 50.8 Å². The number of nitrogens with zero attached hydrogens (tertiary/aromatic N) is 3. The van der Waals surface area contributed by atoms with E-state index in [1.54, 1.807) is 17.5 Å². The lowest BCUT2D eigenvalue weighted by Crippen LogP contribution is -2.50.